The fourth-order valence-corrected chi connectivity index (χ4v) is 3.92. The van der Waals surface area contributed by atoms with E-state index in [0.717, 1.165) is 28.6 Å². The lowest BCUT2D eigenvalue weighted by molar-refractivity contribution is -0.133. The minimum absolute atomic E-state index is 0.104. The molecule has 2 aromatic heterocycles. The lowest BCUT2D eigenvalue weighted by Crippen LogP contribution is -1.97. The predicted molar refractivity (Wildman–Crippen MR) is 138 cm³/mol. The monoisotopic (exact) mass is 487 g/mol. The summed E-state index contributed by atoms with van der Waals surface area (Å²) < 4.78 is 12.0. The second-order valence-electron chi connectivity index (χ2n) is 7.31. The predicted octanol–water partition coefficient (Wildman–Crippen LogP) is 6.67. The van der Waals surface area contributed by atoms with Crippen molar-refractivity contribution in [3.63, 3.8) is 0 Å². The average molecular weight is 488 g/mol. The summed E-state index contributed by atoms with van der Waals surface area (Å²) in [4.78, 5) is 15.0. The van der Waals surface area contributed by atoms with Crippen LogP contribution < -0.4 is 4.74 Å². The first-order chi connectivity index (χ1) is 17.1. The number of carboxylic acid groups (broad SMARTS) is 1. The highest BCUT2D eigenvalue weighted by molar-refractivity contribution is 7.99. The molecule has 0 aliphatic heterocycles. The van der Waals surface area contributed by atoms with Gasteiger partial charge in [-0.1, -0.05) is 74.1 Å². The van der Waals surface area contributed by atoms with E-state index in [0.29, 0.717) is 29.1 Å². The Morgan fingerprint density at radius 1 is 0.971 bits per heavy atom. The van der Waals surface area contributed by atoms with Crippen LogP contribution in [0.5, 0.6) is 5.75 Å². The van der Waals surface area contributed by atoms with Gasteiger partial charge in [0.15, 0.2) is 11.6 Å². The first-order valence-electron chi connectivity index (χ1n) is 11.2. The summed E-state index contributed by atoms with van der Waals surface area (Å²) in [5.41, 5.74) is 1.97. The highest BCUT2D eigenvalue weighted by Gasteiger charge is 2.13. The van der Waals surface area contributed by atoms with Crippen molar-refractivity contribution in [3.8, 4) is 28.7 Å². The number of fused-ring (bicyclic) bond motifs is 1. The Balaban J connectivity index is 0.00000141. The third-order valence-electron chi connectivity index (χ3n) is 4.97. The maximum absolute atomic E-state index is 10.7. The number of nitrogens with zero attached hydrogens (tertiary/aromatic N) is 2. The van der Waals surface area contributed by atoms with E-state index in [2.05, 4.69) is 45.5 Å². The van der Waals surface area contributed by atoms with Gasteiger partial charge in [0.05, 0.1) is 5.75 Å². The molecule has 0 radical (unpaired) electrons. The lowest BCUT2D eigenvalue weighted by Gasteiger charge is -2.08. The van der Waals surface area contributed by atoms with Crippen molar-refractivity contribution < 1.29 is 19.1 Å². The number of rotatable bonds is 8. The summed E-state index contributed by atoms with van der Waals surface area (Å²) in [5.74, 6) is 1.34. The maximum atomic E-state index is 10.7. The molecule has 8 heteroatoms. The molecule has 7 nitrogen and oxygen atoms in total. The van der Waals surface area contributed by atoms with Gasteiger partial charge < -0.3 is 14.3 Å². The number of thioether (sulfide) groups is 1. The molecule has 0 saturated carbocycles. The summed E-state index contributed by atoms with van der Waals surface area (Å²) in [6, 6.07) is 25.9. The third-order valence-corrected chi connectivity index (χ3v) is 5.80. The smallest absolute Gasteiger partial charge is 0.313 e. The van der Waals surface area contributed by atoms with E-state index in [-0.39, 0.29) is 5.75 Å². The van der Waals surface area contributed by atoms with Crippen molar-refractivity contribution in [2.24, 2.45) is 0 Å². The van der Waals surface area contributed by atoms with E-state index >= 15 is 0 Å². The van der Waals surface area contributed by atoms with Crippen LogP contribution in [0.2, 0.25) is 0 Å². The number of hydrogen-bond donors (Lipinski definition) is 2. The summed E-state index contributed by atoms with van der Waals surface area (Å²) >= 11 is 1.04. The fraction of sp³-hybridized carbons (Fsp3) is 0.148. The first kappa shape index (κ1) is 24.1. The molecule has 0 amide bonds. The molecule has 0 bridgehead atoms. The van der Waals surface area contributed by atoms with Gasteiger partial charge in [-0.3, -0.25) is 9.89 Å². The number of aromatic amines is 1. The van der Waals surface area contributed by atoms with Gasteiger partial charge in [0.2, 0.25) is 5.16 Å². The number of hydrogen-bond acceptors (Lipinski definition) is 6. The zero-order valence-corrected chi connectivity index (χ0v) is 20.2. The Kier molecular flexibility index (Phi) is 7.84. The molecule has 0 unspecified atom stereocenters. The topological polar surface area (TPSA) is 101 Å². The van der Waals surface area contributed by atoms with Crippen LogP contribution >= 0.6 is 11.8 Å². The second-order valence-corrected chi connectivity index (χ2v) is 8.25. The molecule has 0 atom stereocenters. The van der Waals surface area contributed by atoms with Crippen LogP contribution in [0.4, 0.5) is 0 Å². The van der Waals surface area contributed by atoms with Crippen molar-refractivity contribution in [2.75, 3.05) is 5.75 Å². The fourth-order valence-electron chi connectivity index (χ4n) is 3.40. The molecule has 3 aromatic carbocycles. The normalized spacial score (nSPS) is 10.6. The average Bonchev–Trinajstić information content (AvgIpc) is 3.58. The Bertz CT molecular complexity index is 1430. The summed E-state index contributed by atoms with van der Waals surface area (Å²) in [6.07, 6.45) is 0. The molecule has 35 heavy (non-hydrogen) atoms. The Hall–Kier alpha value is -4.04. The number of H-pyrrole nitrogens is 1. The number of carbonyl (C=O) groups is 1. The number of aliphatic carboxylic acids is 1. The van der Waals surface area contributed by atoms with Crippen LogP contribution in [0.15, 0.2) is 88.4 Å². The summed E-state index contributed by atoms with van der Waals surface area (Å²) in [6.45, 7) is 4.46. The zero-order valence-electron chi connectivity index (χ0n) is 19.4. The van der Waals surface area contributed by atoms with Gasteiger partial charge >= 0.3 is 5.97 Å². The van der Waals surface area contributed by atoms with E-state index in [1.165, 1.54) is 10.8 Å². The van der Waals surface area contributed by atoms with E-state index in [1.54, 1.807) is 6.07 Å². The van der Waals surface area contributed by atoms with E-state index < -0.39 is 5.97 Å². The maximum Gasteiger partial charge on any atom is 0.313 e. The molecule has 0 aliphatic carbocycles. The van der Waals surface area contributed by atoms with Crippen LogP contribution in [-0.4, -0.2) is 32.0 Å². The van der Waals surface area contributed by atoms with Crippen molar-refractivity contribution >= 4 is 28.5 Å². The van der Waals surface area contributed by atoms with Crippen molar-refractivity contribution in [2.45, 2.75) is 25.6 Å². The van der Waals surface area contributed by atoms with Gasteiger partial charge in [-0.15, -0.1) is 5.10 Å². The minimum Gasteiger partial charge on any atom is -0.489 e. The molecule has 0 aliphatic rings. The number of carboxylic acids is 1. The molecular formula is C27H25N3O4S. The van der Waals surface area contributed by atoms with Crippen molar-refractivity contribution in [1.82, 2.24) is 15.2 Å². The quantitative estimate of drug-likeness (QED) is 0.236. The molecule has 5 rings (SSSR count). The van der Waals surface area contributed by atoms with E-state index in [9.17, 15) is 4.79 Å². The summed E-state index contributed by atoms with van der Waals surface area (Å²) in [5, 5.41) is 18.3. The highest BCUT2D eigenvalue weighted by Crippen LogP contribution is 2.30. The molecule has 2 heterocycles. The SMILES string of the molecule is CC.O=C(O)CSc1n[nH]c(-c2ccc(-c3cccc(OCc4ccc5ccccc5c4)c3)o2)n1. The molecule has 2 N–H and O–H groups in total. The van der Waals surface area contributed by atoms with Gasteiger partial charge in [-0.25, -0.2) is 0 Å². The second kappa shape index (κ2) is 11.4. The zero-order chi connectivity index (χ0) is 24.6. The van der Waals surface area contributed by atoms with Gasteiger partial charge in [-0.05, 0) is 46.7 Å². The molecule has 5 aromatic rings. The van der Waals surface area contributed by atoms with Gasteiger partial charge in [0.25, 0.3) is 0 Å². The Morgan fingerprint density at radius 3 is 2.60 bits per heavy atom. The number of benzene rings is 3. The van der Waals surface area contributed by atoms with Gasteiger partial charge in [0, 0.05) is 5.56 Å². The van der Waals surface area contributed by atoms with Crippen LogP contribution in [0.1, 0.15) is 19.4 Å². The number of furan rings is 1. The van der Waals surface area contributed by atoms with Crippen LogP contribution in [0.25, 0.3) is 33.7 Å². The van der Waals surface area contributed by atoms with Crippen LogP contribution in [-0.2, 0) is 11.4 Å². The minimum atomic E-state index is -0.922. The van der Waals surface area contributed by atoms with E-state index in [4.69, 9.17) is 14.3 Å². The largest absolute Gasteiger partial charge is 0.489 e. The van der Waals surface area contributed by atoms with Crippen molar-refractivity contribution in [1.29, 1.82) is 0 Å². The first-order valence-corrected chi connectivity index (χ1v) is 12.2. The third kappa shape index (κ3) is 6.10. The highest BCUT2D eigenvalue weighted by atomic mass is 32.2. The summed E-state index contributed by atoms with van der Waals surface area (Å²) in [7, 11) is 0. The molecular weight excluding hydrogens is 462 g/mol. The molecule has 0 saturated heterocycles. The molecule has 0 spiro atoms. The van der Waals surface area contributed by atoms with Crippen LogP contribution in [0, 0.1) is 0 Å². The number of nitrogens with one attached hydrogen (secondary N) is 1. The molecule has 178 valence electrons. The standard InChI is InChI=1S/C25H19N3O4S.C2H6/c29-23(30)15-33-25-26-24(27-28-25)22-11-10-21(32-22)19-6-3-7-20(13-19)31-14-16-8-9-17-4-1-2-5-18(17)12-16;1-2/h1-13H,14-15H2,(H,29,30)(H,26,27,28);1-2H3. The lowest BCUT2D eigenvalue weighted by atomic mass is 10.1. The van der Waals surface area contributed by atoms with Gasteiger partial charge in [0.1, 0.15) is 18.1 Å². The van der Waals surface area contributed by atoms with Gasteiger partial charge in [-0.2, -0.15) is 4.98 Å². The number of aromatic nitrogens is 3. The van der Waals surface area contributed by atoms with Crippen LogP contribution in [0.3, 0.4) is 0 Å². The number of ether oxygens (including phenoxy) is 1. The van der Waals surface area contributed by atoms with E-state index in [1.807, 2.05) is 56.3 Å². The molecule has 0 fully saturated rings. The Labute approximate surface area is 207 Å². The van der Waals surface area contributed by atoms with Crippen molar-refractivity contribution in [3.05, 3.63) is 84.4 Å². The Morgan fingerprint density at radius 2 is 1.77 bits per heavy atom.